The molecule has 2 nitrogen and oxygen atoms in total. The fourth-order valence-electron chi connectivity index (χ4n) is 6.95. The standard InChI is InChI=1S/C46H90O2/c1-4-5-6-7-8-9-27-31-34-37-40-43-46(47)48-44-41-38-35-32-29-26-24-22-20-18-16-14-12-10-11-13-15-17-19-21-23-25-28-30-33-36-39-42-45(2)3/h7-8,45H,4-6,9-44H2,1-3H3. The van der Waals surface area contributed by atoms with Crippen LogP contribution in [-0.2, 0) is 9.53 Å². The molecule has 0 aromatic heterocycles. The summed E-state index contributed by atoms with van der Waals surface area (Å²) in [6, 6.07) is 0. The van der Waals surface area contributed by atoms with E-state index in [0.717, 1.165) is 25.2 Å². The third kappa shape index (κ3) is 43.2. The lowest BCUT2D eigenvalue weighted by Crippen LogP contribution is -2.05. The first-order chi connectivity index (χ1) is 23.7. The van der Waals surface area contributed by atoms with Crippen LogP contribution in [0.3, 0.4) is 0 Å². The van der Waals surface area contributed by atoms with E-state index in [4.69, 9.17) is 4.74 Å². The Balaban J connectivity index is 3.13. The molecule has 0 unspecified atom stereocenters. The van der Waals surface area contributed by atoms with Gasteiger partial charge in [-0.2, -0.15) is 0 Å². The first-order valence-corrected chi connectivity index (χ1v) is 22.5. The number of allylic oxidation sites excluding steroid dienone is 2. The van der Waals surface area contributed by atoms with Crippen LogP contribution in [0.25, 0.3) is 0 Å². The Morgan fingerprint density at radius 3 is 1.10 bits per heavy atom. The maximum atomic E-state index is 11.9. The van der Waals surface area contributed by atoms with Crippen molar-refractivity contribution in [2.75, 3.05) is 6.61 Å². The fraction of sp³-hybridized carbons (Fsp3) is 0.935. The van der Waals surface area contributed by atoms with Crippen molar-refractivity contribution in [1.82, 2.24) is 0 Å². The third-order valence-corrected chi connectivity index (χ3v) is 10.3. The molecule has 286 valence electrons. The first kappa shape index (κ1) is 47.2. The van der Waals surface area contributed by atoms with E-state index in [1.807, 2.05) is 0 Å². The van der Waals surface area contributed by atoms with Crippen LogP contribution >= 0.6 is 0 Å². The van der Waals surface area contributed by atoms with Gasteiger partial charge < -0.3 is 4.74 Å². The Morgan fingerprint density at radius 2 is 0.729 bits per heavy atom. The molecule has 48 heavy (non-hydrogen) atoms. The molecule has 0 rings (SSSR count). The van der Waals surface area contributed by atoms with E-state index in [1.54, 1.807) is 0 Å². The minimum absolute atomic E-state index is 0.0175. The third-order valence-electron chi connectivity index (χ3n) is 10.3. The highest BCUT2D eigenvalue weighted by Gasteiger charge is 2.03. The Bertz CT molecular complexity index is 624. The molecule has 0 heterocycles. The molecule has 0 atom stereocenters. The topological polar surface area (TPSA) is 26.3 Å². The van der Waals surface area contributed by atoms with Crippen LogP contribution in [-0.4, -0.2) is 12.6 Å². The molecule has 0 aliphatic carbocycles. The summed E-state index contributed by atoms with van der Waals surface area (Å²) in [5, 5.41) is 0. The van der Waals surface area contributed by atoms with Gasteiger partial charge >= 0.3 is 5.97 Å². The predicted molar refractivity (Wildman–Crippen MR) is 216 cm³/mol. The van der Waals surface area contributed by atoms with E-state index in [9.17, 15) is 4.79 Å². The SMILES string of the molecule is CCCCC=CCCCCCCCC(=O)OCCCCCCCCCCCCCCCCCCCCCCCCCCCCCC(C)C. The highest BCUT2D eigenvalue weighted by atomic mass is 16.5. The molecule has 0 amide bonds. The molecule has 0 fully saturated rings. The smallest absolute Gasteiger partial charge is 0.305 e. The number of unbranched alkanes of at least 4 members (excludes halogenated alkanes) is 33. The van der Waals surface area contributed by atoms with Crippen LogP contribution in [0.4, 0.5) is 0 Å². The Hall–Kier alpha value is -0.790. The van der Waals surface area contributed by atoms with Gasteiger partial charge in [-0.1, -0.05) is 238 Å². The molecular weight excluding hydrogens is 585 g/mol. The largest absolute Gasteiger partial charge is 0.466 e. The molecule has 0 aromatic rings. The highest BCUT2D eigenvalue weighted by Crippen LogP contribution is 2.17. The van der Waals surface area contributed by atoms with Gasteiger partial charge in [-0.05, 0) is 38.0 Å². The molecule has 0 aromatic carbocycles. The highest BCUT2D eigenvalue weighted by molar-refractivity contribution is 5.69. The van der Waals surface area contributed by atoms with Gasteiger partial charge in [-0.25, -0.2) is 0 Å². The summed E-state index contributed by atoms with van der Waals surface area (Å²) in [5.74, 6) is 0.905. The van der Waals surface area contributed by atoms with Gasteiger partial charge in [0, 0.05) is 6.42 Å². The van der Waals surface area contributed by atoms with E-state index >= 15 is 0 Å². The van der Waals surface area contributed by atoms with Crippen molar-refractivity contribution in [3.8, 4) is 0 Å². The molecular formula is C46H90O2. The second-order valence-electron chi connectivity index (χ2n) is 15.9. The summed E-state index contributed by atoms with van der Waals surface area (Å²) < 4.78 is 5.45. The lowest BCUT2D eigenvalue weighted by atomic mass is 10.0. The summed E-state index contributed by atoms with van der Waals surface area (Å²) >= 11 is 0. The molecule has 0 aliphatic rings. The van der Waals surface area contributed by atoms with Gasteiger partial charge in [-0.15, -0.1) is 0 Å². The number of hydrogen-bond donors (Lipinski definition) is 0. The monoisotopic (exact) mass is 675 g/mol. The minimum atomic E-state index is 0.0175. The number of esters is 1. The van der Waals surface area contributed by atoms with Crippen molar-refractivity contribution in [3.63, 3.8) is 0 Å². The zero-order valence-electron chi connectivity index (χ0n) is 33.6. The van der Waals surface area contributed by atoms with Crippen molar-refractivity contribution >= 4 is 5.97 Å². The van der Waals surface area contributed by atoms with E-state index < -0.39 is 0 Å². The van der Waals surface area contributed by atoms with Crippen LogP contribution in [0.1, 0.15) is 265 Å². The van der Waals surface area contributed by atoms with Crippen LogP contribution in [0.15, 0.2) is 12.2 Å². The van der Waals surface area contributed by atoms with Crippen molar-refractivity contribution in [2.45, 2.75) is 265 Å². The lowest BCUT2D eigenvalue weighted by Gasteiger charge is -2.06. The summed E-state index contributed by atoms with van der Waals surface area (Å²) in [6.07, 6.45) is 56.1. The van der Waals surface area contributed by atoms with E-state index in [-0.39, 0.29) is 5.97 Å². The molecule has 0 spiro atoms. The quantitative estimate of drug-likeness (QED) is 0.0366. The summed E-state index contributed by atoms with van der Waals surface area (Å²) in [5.41, 5.74) is 0. The molecule has 2 heteroatoms. The first-order valence-electron chi connectivity index (χ1n) is 22.5. The van der Waals surface area contributed by atoms with Gasteiger partial charge in [0.2, 0.25) is 0 Å². The Kier molecular flexibility index (Phi) is 41.7. The summed E-state index contributed by atoms with van der Waals surface area (Å²) in [7, 11) is 0. The average Bonchev–Trinajstić information content (AvgIpc) is 3.08. The zero-order valence-corrected chi connectivity index (χ0v) is 33.6. The maximum absolute atomic E-state index is 11.9. The van der Waals surface area contributed by atoms with Gasteiger partial charge in [0.05, 0.1) is 6.61 Å². The molecule has 0 saturated heterocycles. The van der Waals surface area contributed by atoms with Crippen molar-refractivity contribution in [1.29, 1.82) is 0 Å². The molecule has 0 saturated carbocycles. The van der Waals surface area contributed by atoms with Gasteiger partial charge in [-0.3, -0.25) is 4.79 Å². The normalized spacial score (nSPS) is 11.8. The molecule has 0 bridgehead atoms. The van der Waals surface area contributed by atoms with Crippen LogP contribution in [0.2, 0.25) is 0 Å². The van der Waals surface area contributed by atoms with Gasteiger partial charge in [0.25, 0.3) is 0 Å². The summed E-state index contributed by atoms with van der Waals surface area (Å²) in [6.45, 7) is 7.57. The molecule has 0 aliphatic heterocycles. The van der Waals surface area contributed by atoms with Crippen LogP contribution in [0, 0.1) is 5.92 Å². The van der Waals surface area contributed by atoms with Crippen molar-refractivity contribution in [3.05, 3.63) is 12.2 Å². The number of carbonyl (C=O) groups is 1. The molecule has 0 N–H and O–H groups in total. The number of hydrogen-bond acceptors (Lipinski definition) is 2. The van der Waals surface area contributed by atoms with Crippen LogP contribution in [0.5, 0.6) is 0 Å². The maximum Gasteiger partial charge on any atom is 0.305 e. The van der Waals surface area contributed by atoms with Gasteiger partial charge in [0.15, 0.2) is 0 Å². The second-order valence-corrected chi connectivity index (χ2v) is 15.9. The molecule has 0 radical (unpaired) electrons. The van der Waals surface area contributed by atoms with E-state index in [2.05, 4.69) is 32.9 Å². The number of ether oxygens (including phenoxy) is 1. The average molecular weight is 675 g/mol. The van der Waals surface area contributed by atoms with Crippen molar-refractivity contribution in [2.24, 2.45) is 5.92 Å². The minimum Gasteiger partial charge on any atom is -0.466 e. The predicted octanol–water partition coefficient (Wildman–Crippen LogP) is 16.6. The Morgan fingerprint density at radius 1 is 0.417 bits per heavy atom. The second kappa shape index (κ2) is 42.4. The fourth-order valence-corrected chi connectivity index (χ4v) is 6.95. The lowest BCUT2D eigenvalue weighted by molar-refractivity contribution is -0.143. The van der Waals surface area contributed by atoms with Gasteiger partial charge in [0.1, 0.15) is 0 Å². The van der Waals surface area contributed by atoms with E-state index in [0.29, 0.717) is 13.0 Å². The zero-order chi connectivity index (χ0) is 34.9. The number of carbonyl (C=O) groups excluding carboxylic acids is 1. The van der Waals surface area contributed by atoms with E-state index in [1.165, 1.54) is 218 Å². The Labute approximate surface area is 304 Å². The number of rotatable bonds is 41. The summed E-state index contributed by atoms with van der Waals surface area (Å²) in [4.78, 5) is 11.9. The van der Waals surface area contributed by atoms with Crippen molar-refractivity contribution < 1.29 is 9.53 Å². The van der Waals surface area contributed by atoms with Crippen LogP contribution < -0.4 is 0 Å².